The van der Waals surface area contributed by atoms with Crippen LogP contribution in [0.25, 0.3) is 5.52 Å². The van der Waals surface area contributed by atoms with Gasteiger partial charge in [0.2, 0.25) is 0 Å². The summed E-state index contributed by atoms with van der Waals surface area (Å²) in [6, 6.07) is 1.69. The highest BCUT2D eigenvalue weighted by Gasteiger charge is 2.17. The molecule has 0 saturated carbocycles. The smallest absolute Gasteiger partial charge is 0.240 e. The molecule has 0 unspecified atom stereocenters. The lowest BCUT2D eigenvalue weighted by molar-refractivity contribution is 0.594. The summed E-state index contributed by atoms with van der Waals surface area (Å²) < 4.78 is 24.1. The maximum absolute atomic E-state index is 11.3. The highest BCUT2D eigenvalue weighted by Crippen LogP contribution is 2.18. The molecular weight excluding hydrogens is 228 g/mol. The van der Waals surface area contributed by atoms with Crippen LogP contribution >= 0.6 is 0 Å². The van der Waals surface area contributed by atoms with Crippen LogP contribution in [0, 0.1) is 0 Å². The van der Waals surface area contributed by atoms with E-state index in [4.69, 9.17) is 5.14 Å². The third-order valence-corrected chi connectivity index (χ3v) is 3.09. The molecule has 2 N–H and O–H groups in total. The number of aromatic nitrogens is 3. The Morgan fingerprint density at radius 1 is 1.44 bits per heavy atom. The van der Waals surface area contributed by atoms with E-state index in [1.807, 2.05) is 13.8 Å². The highest BCUT2D eigenvalue weighted by molar-refractivity contribution is 7.89. The number of hydrogen-bond acceptors (Lipinski definition) is 4. The Morgan fingerprint density at radius 3 is 2.69 bits per heavy atom. The molecule has 0 aliphatic rings. The van der Waals surface area contributed by atoms with Crippen molar-refractivity contribution >= 4 is 15.5 Å². The number of fused-ring (bicyclic) bond motifs is 1. The molecule has 0 amide bonds. The van der Waals surface area contributed by atoms with Crippen molar-refractivity contribution in [1.29, 1.82) is 0 Å². The number of rotatable bonds is 2. The van der Waals surface area contributed by atoms with E-state index >= 15 is 0 Å². The zero-order valence-corrected chi connectivity index (χ0v) is 9.77. The minimum absolute atomic E-state index is 0.144. The molecule has 0 aliphatic carbocycles. The van der Waals surface area contributed by atoms with E-state index < -0.39 is 10.0 Å². The second-order valence-corrected chi connectivity index (χ2v) is 5.31. The summed E-state index contributed by atoms with van der Waals surface area (Å²) in [4.78, 5) is 3.78. The van der Waals surface area contributed by atoms with Crippen LogP contribution in [0.2, 0.25) is 0 Å². The lowest BCUT2D eigenvalue weighted by atomic mass is 10.1. The summed E-state index contributed by atoms with van der Waals surface area (Å²) in [5.41, 5.74) is 1.21. The van der Waals surface area contributed by atoms with Crippen molar-refractivity contribution in [2.24, 2.45) is 5.14 Å². The van der Waals surface area contributed by atoms with E-state index in [1.54, 1.807) is 12.3 Å². The van der Waals surface area contributed by atoms with Gasteiger partial charge in [0.15, 0.2) is 5.03 Å². The van der Waals surface area contributed by atoms with Crippen LogP contribution in [0.3, 0.4) is 0 Å². The van der Waals surface area contributed by atoms with E-state index in [-0.39, 0.29) is 10.9 Å². The molecule has 7 heteroatoms. The third kappa shape index (κ3) is 1.79. The van der Waals surface area contributed by atoms with Crippen molar-refractivity contribution in [2.75, 3.05) is 0 Å². The minimum Gasteiger partial charge on any atom is -0.240 e. The van der Waals surface area contributed by atoms with Gasteiger partial charge in [0, 0.05) is 12.4 Å². The van der Waals surface area contributed by atoms with E-state index in [2.05, 4.69) is 10.1 Å². The van der Waals surface area contributed by atoms with Gasteiger partial charge in [-0.05, 0) is 12.0 Å². The van der Waals surface area contributed by atoms with Crippen LogP contribution in [-0.2, 0) is 10.0 Å². The summed E-state index contributed by atoms with van der Waals surface area (Å²) in [5, 5.41) is 9.18. The van der Waals surface area contributed by atoms with Crippen molar-refractivity contribution in [3.05, 3.63) is 24.2 Å². The molecule has 0 atom stereocenters. The molecule has 2 heterocycles. The van der Waals surface area contributed by atoms with E-state index in [0.29, 0.717) is 5.52 Å². The minimum atomic E-state index is -3.81. The molecule has 2 aromatic rings. The topological polar surface area (TPSA) is 90.4 Å². The first-order valence-corrected chi connectivity index (χ1v) is 6.31. The Morgan fingerprint density at radius 2 is 2.12 bits per heavy atom. The third-order valence-electron chi connectivity index (χ3n) is 2.23. The van der Waals surface area contributed by atoms with Gasteiger partial charge in [-0.2, -0.15) is 5.10 Å². The molecule has 2 rings (SSSR count). The molecule has 0 spiro atoms. The van der Waals surface area contributed by atoms with Gasteiger partial charge >= 0.3 is 0 Å². The van der Waals surface area contributed by atoms with Crippen molar-refractivity contribution in [2.45, 2.75) is 24.8 Å². The predicted octanol–water partition coefficient (Wildman–Crippen LogP) is 0.500. The van der Waals surface area contributed by atoms with Gasteiger partial charge in [0.25, 0.3) is 10.0 Å². The molecule has 0 saturated heterocycles. The monoisotopic (exact) mass is 240 g/mol. The maximum Gasteiger partial charge on any atom is 0.257 e. The van der Waals surface area contributed by atoms with Gasteiger partial charge in [-0.15, -0.1) is 0 Å². The second-order valence-electron chi connectivity index (χ2n) is 3.83. The van der Waals surface area contributed by atoms with Crippen LogP contribution in [0.4, 0.5) is 0 Å². The van der Waals surface area contributed by atoms with Gasteiger partial charge in [0.05, 0.1) is 5.69 Å². The summed E-state index contributed by atoms with van der Waals surface area (Å²) in [7, 11) is -3.81. The fourth-order valence-corrected chi connectivity index (χ4v) is 2.07. The molecule has 0 fully saturated rings. The first-order chi connectivity index (χ1) is 7.39. The lowest BCUT2D eigenvalue weighted by Crippen LogP contribution is -2.15. The molecule has 86 valence electrons. The largest absolute Gasteiger partial charge is 0.257 e. The summed E-state index contributed by atoms with van der Waals surface area (Å²) in [6.07, 6.45) is 2.96. The fourth-order valence-electron chi connectivity index (χ4n) is 1.42. The lowest BCUT2D eigenvalue weighted by Gasteiger charge is -1.98. The number of primary sulfonamides is 1. The average Bonchev–Trinajstić information content (AvgIpc) is 2.58. The van der Waals surface area contributed by atoms with Crippen molar-refractivity contribution in [3.8, 4) is 0 Å². The van der Waals surface area contributed by atoms with Crippen LogP contribution in [0.5, 0.6) is 0 Å². The van der Waals surface area contributed by atoms with Crippen LogP contribution in [0.15, 0.2) is 23.5 Å². The Labute approximate surface area is 93.2 Å². The van der Waals surface area contributed by atoms with Crippen molar-refractivity contribution in [3.63, 3.8) is 0 Å². The molecular formula is C9H12N4O2S. The predicted molar refractivity (Wildman–Crippen MR) is 58.4 cm³/mol. The van der Waals surface area contributed by atoms with E-state index in [0.717, 1.165) is 5.69 Å². The molecule has 2 aromatic heterocycles. The number of nitrogens with two attached hydrogens (primary N) is 1. The molecule has 0 bridgehead atoms. The SMILES string of the molecule is CC(C)c1cc2c(S(N)(=O)=O)nccn2n1. The van der Waals surface area contributed by atoms with E-state index in [9.17, 15) is 8.42 Å². The Kier molecular flexibility index (Phi) is 2.43. The average molecular weight is 240 g/mol. The zero-order chi connectivity index (χ0) is 11.9. The summed E-state index contributed by atoms with van der Waals surface area (Å²) in [5.74, 6) is 0.216. The molecule has 0 radical (unpaired) electrons. The highest BCUT2D eigenvalue weighted by atomic mass is 32.2. The molecule has 6 nitrogen and oxygen atoms in total. The van der Waals surface area contributed by atoms with Gasteiger partial charge in [-0.3, -0.25) is 0 Å². The first kappa shape index (κ1) is 11.0. The number of nitrogens with zero attached hydrogens (tertiary/aromatic N) is 3. The van der Waals surface area contributed by atoms with Gasteiger partial charge in [-0.1, -0.05) is 13.8 Å². The van der Waals surface area contributed by atoms with Crippen LogP contribution < -0.4 is 5.14 Å². The molecule has 0 aromatic carbocycles. The molecule has 16 heavy (non-hydrogen) atoms. The van der Waals surface area contributed by atoms with Crippen LogP contribution in [0.1, 0.15) is 25.5 Å². The fraction of sp³-hybridized carbons (Fsp3) is 0.333. The standard InChI is InChI=1S/C9H12N4O2S/c1-6(2)7-5-8-9(16(10,14)15)11-3-4-13(8)12-7/h3-6H,1-2H3,(H2,10,14,15). The van der Waals surface area contributed by atoms with E-state index in [1.165, 1.54) is 10.7 Å². The second kappa shape index (κ2) is 3.53. The van der Waals surface area contributed by atoms with Crippen molar-refractivity contribution in [1.82, 2.24) is 14.6 Å². The first-order valence-electron chi connectivity index (χ1n) is 4.76. The maximum atomic E-state index is 11.3. The normalized spacial score (nSPS) is 12.5. The zero-order valence-electron chi connectivity index (χ0n) is 8.95. The van der Waals surface area contributed by atoms with Gasteiger partial charge in [-0.25, -0.2) is 23.1 Å². The van der Waals surface area contributed by atoms with Gasteiger partial charge < -0.3 is 0 Å². The quantitative estimate of drug-likeness (QED) is 0.827. The number of hydrogen-bond donors (Lipinski definition) is 1. The number of sulfonamides is 1. The van der Waals surface area contributed by atoms with Crippen molar-refractivity contribution < 1.29 is 8.42 Å². The Bertz CT molecular complexity index is 630. The Hall–Kier alpha value is -1.47. The van der Waals surface area contributed by atoms with Crippen LogP contribution in [-0.4, -0.2) is 23.0 Å². The van der Waals surface area contributed by atoms with Gasteiger partial charge in [0.1, 0.15) is 5.52 Å². The summed E-state index contributed by atoms with van der Waals surface area (Å²) >= 11 is 0. The summed E-state index contributed by atoms with van der Waals surface area (Å²) in [6.45, 7) is 3.96. The molecule has 0 aliphatic heterocycles. The Balaban J connectivity index is 2.78.